The molecular weight excluding hydrogens is 336 g/mol. The lowest BCUT2D eigenvalue weighted by Gasteiger charge is -2.16. The van der Waals surface area contributed by atoms with Crippen LogP contribution in [0, 0.1) is 10.1 Å². The Hall–Kier alpha value is -3.26. The number of fused-ring (bicyclic) bond motifs is 1. The van der Waals surface area contributed by atoms with Gasteiger partial charge in [-0.25, -0.2) is 4.68 Å². The highest BCUT2D eigenvalue weighted by Gasteiger charge is 2.19. The lowest BCUT2D eigenvalue weighted by Crippen LogP contribution is -2.27. The maximum absolute atomic E-state index is 10.7. The van der Waals surface area contributed by atoms with Crippen molar-refractivity contribution in [2.75, 3.05) is 6.61 Å². The zero-order valence-electron chi connectivity index (χ0n) is 13.8. The molecule has 0 saturated heterocycles. The van der Waals surface area contributed by atoms with Gasteiger partial charge in [-0.3, -0.25) is 10.1 Å². The van der Waals surface area contributed by atoms with E-state index in [-0.39, 0.29) is 11.8 Å². The van der Waals surface area contributed by atoms with Crippen LogP contribution in [0.25, 0.3) is 11.3 Å². The van der Waals surface area contributed by atoms with Gasteiger partial charge in [-0.05, 0) is 18.2 Å². The van der Waals surface area contributed by atoms with Gasteiger partial charge < -0.3 is 9.47 Å². The molecule has 8 heteroatoms. The predicted molar refractivity (Wildman–Crippen MR) is 92.6 cm³/mol. The minimum absolute atomic E-state index is 0.0452. The number of non-ortho nitro benzene ring substituents is 1. The fraction of sp³-hybridized carbons (Fsp3) is 0.222. The quantitative estimate of drug-likeness (QED) is 0.529. The molecule has 0 fully saturated rings. The van der Waals surface area contributed by atoms with Gasteiger partial charge in [0.15, 0.2) is 0 Å². The Morgan fingerprint density at radius 3 is 2.81 bits per heavy atom. The molecule has 1 atom stereocenters. The Balaban J connectivity index is 1.47. The van der Waals surface area contributed by atoms with Crippen molar-refractivity contribution in [2.24, 2.45) is 0 Å². The van der Waals surface area contributed by atoms with Crippen molar-refractivity contribution in [3.05, 3.63) is 70.4 Å². The number of benzene rings is 2. The summed E-state index contributed by atoms with van der Waals surface area (Å²) in [7, 11) is 0. The highest BCUT2D eigenvalue weighted by Crippen LogP contribution is 2.24. The molecule has 0 aliphatic carbocycles. The predicted octanol–water partition coefficient (Wildman–Crippen LogP) is 2.83. The molecule has 1 aliphatic heterocycles. The number of hydrogen-bond donors (Lipinski definition) is 0. The fourth-order valence-electron chi connectivity index (χ4n) is 2.82. The first kappa shape index (κ1) is 16.2. The van der Waals surface area contributed by atoms with Crippen LogP contribution in [0.1, 0.15) is 5.56 Å². The third-order valence-electron chi connectivity index (χ3n) is 4.13. The van der Waals surface area contributed by atoms with Crippen molar-refractivity contribution in [3.8, 4) is 17.0 Å². The van der Waals surface area contributed by atoms with Crippen LogP contribution >= 0.6 is 0 Å². The third kappa shape index (κ3) is 3.40. The second kappa shape index (κ2) is 6.93. The van der Waals surface area contributed by atoms with Crippen molar-refractivity contribution in [3.63, 3.8) is 0 Å². The largest absolute Gasteiger partial charge is 0.486 e. The van der Waals surface area contributed by atoms with Gasteiger partial charge in [0.05, 0.1) is 30.9 Å². The highest BCUT2D eigenvalue weighted by atomic mass is 16.6. The van der Waals surface area contributed by atoms with E-state index in [1.165, 1.54) is 12.1 Å². The van der Waals surface area contributed by atoms with Gasteiger partial charge in [-0.2, -0.15) is 0 Å². The molecule has 2 heterocycles. The molecule has 8 nitrogen and oxygen atoms in total. The van der Waals surface area contributed by atoms with Gasteiger partial charge in [0.25, 0.3) is 5.69 Å². The molecule has 0 unspecified atom stereocenters. The second-order valence-corrected chi connectivity index (χ2v) is 5.99. The number of nitrogens with zero attached hydrogens (tertiary/aromatic N) is 4. The van der Waals surface area contributed by atoms with Crippen LogP contribution in [0.3, 0.4) is 0 Å². The lowest BCUT2D eigenvalue weighted by molar-refractivity contribution is -0.384. The zero-order chi connectivity index (χ0) is 17.9. The van der Waals surface area contributed by atoms with E-state index in [1.807, 2.05) is 24.3 Å². The second-order valence-electron chi connectivity index (χ2n) is 5.99. The molecule has 1 aliphatic rings. The van der Waals surface area contributed by atoms with E-state index in [9.17, 15) is 10.1 Å². The van der Waals surface area contributed by atoms with E-state index in [1.54, 1.807) is 23.0 Å². The fourth-order valence-corrected chi connectivity index (χ4v) is 2.82. The van der Waals surface area contributed by atoms with Crippen molar-refractivity contribution in [1.29, 1.82) is 0 Å². The first-order valence-corrected chi connectivity index (χ1v) is 8.16. The topological polar surface area (TPSA) is 92.3 Å². The number of rotatable bonds is 4. The van der Waals surface area contributed by atoms with Gasteiger partial charge >= 0.3 is 0 Å². The number of nitro benzene ring substituents is 1. The Labute approximate surface area is 149 Å². The van der Waals surface area contributed by atoms with Crippen molar-refractivity contribution in [1.82, 2.24) is 15.0 Å². The molecule has 0 spiro atoms. The number of aromatic nitrogens is 3. The summed E-state index contributed by atoms with van der Waals surface area (Å²) in [5.74, 6) is 0.825. The van der Waals surface area contributed by atoms with E-state index in [4.69, 9.17) is 9.47 Å². The van der Waals surface area contributed by atoms with Gasteiger partial charge in [0.1, 0.15) is 17.5 Å². The summed E-state index contributed by atoms with van der Waals surface area (Å²) in [6, 6.07) is 14.0. The molecule has 0 amide bonds. The summed E-state index contributed by atoms with van der Waals surface area (Å²) in [5, 5.41) is 19.0. The van der Waals surface area contributed by atoms with Gasteiger partial charge in [0.2, 0.25) is 0 Å². The molecule has 0 saturated carbocycles. The summed E-state index contributed by atoms with van der Waals surface area (Å²) < 4.78 is 13.4. The SMILES string of the molecule is O=[N+]([O-])c1ccc(-c2cn(C[C@@H]3COCc4ccccc4O3)nn2)cc1. The number of nitro groups is 1. The van der Waals surface area contributed by atoms with Crippen molar-refractivity contribution < 1.29 is 14.4 Å². The smallest absolute Gasteiger partial charge is 0.269 e. The van der Waals surface area contributed by atoms with Crippen molar-refractivity contribution in [2.45, 2.75) is 19.3 Å². The Bertz CT molecular complexity index is 923. The molecular formula is C18H16N4O4. The summed E-state index contributed by atoms with van der Waals surface area (Å²) in [6.07, 6.45) is 1.62. The van der Waals surface area contributed by atoms with Crippen LogP contribution in [0.15, 0.2) is 54.7 Å². The van der Waals surface area contributed by atoms with Crippen LogP contribution in [-0.4, -0.2) is 32.6 Å². The maximum Gasteiger partial charge on any atom is 0.269 e. The molecule has 0 radical (unpaired) electrons. The average molecular weight is 352 g/mol. The molecule has 1 aromatic heterocycles. The summed E-state index contributed by atoms with van der Waals surface area (Å²) in [4.78, 5) is 10.3. The molecule has 26 heavy (non-hydrogen) atoms. The zero-order valence-corrected chi connectivity index (χ0v) is 13.8. The van der Waals surface area contributed by atoms with E-state index >= 15 is 0 Å². The van der Waals surface area contributed by atoms with Crippen LogP contribution in [0.2, 0.25) is 0 Å². The summed E-state index contributed by atoms with van der Waals surface area (Å²) in [5.41, 5.74) is 2.49. The van der Waals surface area contributed by atoms with Crippen LogP contribution in [-0.2, 0) is 17.9 Å². The maximum atomic E-state index is 10.7. The number of para-hydroxylation sites is 1. The Kier molecular flexibility index (Phi) is 4.32. The van der Waals surface area contributed by atoms with E-state index < -0.39 is 4.92 Å². The summed E-state index contributed by atoms with van der Waals surface area (Å²) in [6.45, 7) is 1.48. The van der Waals surface area contributed by atoms with E-state index in [0.717, 1.165) is 16.9 Å². The number of ether oxygens (including phenoxy) is 2. The summed E-state index contributed by atoms with van der Waals surface area (Å²) >= 11 is 0. The standard InChI is InChI=1S/C18H16N4O4/c23-22(24)15-7-5-13(6-8-15)17-10-21(20-19-17)9-16-12-25-11-14-3-1-2-4-18(14)26-16/h1-8,10,16H,9,11-12H2/t16-/m1/s1. The van der Waals surface area contributed by atoms with E-state index in [0.29, 0.717) is 25.5 Å². The molecule has 0 N–H and O–H groups in total. The average Bonchev–Trinajstić information content (AvgIpc) is 3.01. The van der Waals surface area contributed by atoms with Crippen LogP contribution < -0.4 is 4.74 Å². The molecule has 4 rings (SSSR count). The lowest BCUT2D eigenvalue weighted by atomic mass is 10.1. The van der Waals surface area contributed by atoms with Gasteiger partial charge in [-0.15, -0.1) is 5.10 Å². The number of hydrogen-bond acceptors (Lipinski definition) is 6. The minimum atomic E-state index is -0.429. The molecule has 132 valence electrons. The van der Waals surface area contributed by atoms with Crippen molar-refractivity contribution >= 4 is 5.69 Å². The van der Waals surface area contributed by atoms with E-state index in [2.05, 4.69) is 10.3 Å². The third-order valence-corrected chi connectivity index (χ3v) is 4.13. The minimum Gasteiger partial charge on any atom is -0.486 e. The van der Waals surface area contributed by atoms with Gasteiger partial charge in [-0.1, -0.05) is 23.4 Å². The first-order chi connectivity index (χ1) is 12.7. The highest BCUT2D eigenvalue weighted by molar-refractivity contribution is 5.59. The van der Waals surface area contributed by atoms with Crippen LogP contribution in [0.5, 0.6) is 5.75 Å². The van der Waals surface area contributed by atoms with Gasteiger partial charge in [0, 0.05) is 23.3 Å². The molecule has 0 bridgehead atoms. The monoisotopic (exact) mass is 352 g/mol. The molecule has 2 aromatic carbocycles. The molecule has 3 aromatic rings. The Morgan fingerprint density at radius 2 is 2.00 bits per heavy atom. The normalized spacial score (nSPS) is 16.4. The Morgan fingerprint density at radius 1 is 1.19 bits per heavy atom. The first-order valence-electron chi connectivity index (χ1n) is 8.16. The van der Waals surface area contributed by atoms with Crippen LogP contribution in [0.4, 0.5) is 5.69 Å².